The van der Waals surface area contributed by atoms with E-state index in [1.165, 1.54) is 5.56 Å². The van der Waals surface area contributed by atoms with Gasteiger partial charge in [-0.3, -0.25) is 0 Å². The zero-order valence-corrected chi connectivity index (χ0v) is 9.33. The van der Waals surface area contributed by atoms with Crippen LogP contribution in [0.1, 0.15) is 18.0 Å². The van der Waals surface area contributed by atoms with E-state index in [-0.39, 0.29) is 0 Å². The summed E-state index contributed by atoms with van der Waals surface area (Å²) in [5, 5.41) is 3.35. The number of nitrogens with zero attached hydrogens (tertiary/aromatic N) is 1. The molecule has 0 aliphatic heterocycles. The predicted molar refractivity (Wildman–Crippen MR) is 61.4 cm³/mol. The van der Waals surface area contributed by atoms with Crippen LogP contribution >= 0.6 is 0 Å². The van der Waals surface area contributed by atoms with Gasteiger partial charge in [-0.1, -0.05) is 30.3 Å². The van der Waals surface area contributed by atoms with Crippen molar-refractivity contribution in [1.29, 1.82) is 0 Å². The van der Waals surface area contributed by atoms with E-state index in [1.54, 1.807) is 0 Å². The summed E-state index contributed by atoms with van der Waals surface area (Å²) < 4.78 is 0. The first-order valence-electron chi connectivity index (χ1n) is 5.11. The summed E-state index contributed by atoms with van der Waals surface area (Å²) in [5.74, 6) is 0. The van der Waals surface area contributed by atoms with Crippen LogP contribution in [-0.2, 0) is 0 Å². The second-order valence-corrected chi connectivity index (χ2v) is 3.84. The molecule has 1 atom stereocenters. The van der Waals surface area contributed by atoms with E-state index in [0.717, 1.165) is 13.0 Å². The summed E-state index contributed by atoms with van der Waals surface area (Å²) in [6, 6.07) is 11.1. The van der Waals surface area contributed by atoms with Crippen LogP contribution in [0.2, 0.25) is 0 Å². The number of hydrogen-bond acceptors (Lipinski definition) is 2. The Balaban J connectivity index is 2.54. The van der Waals surface area contributed by atoms with Crippen molar-refractivity contribution in [1.82, 2.24) is 10.2 Å². The molecule has 0 fully saturated rings. The van der Waals surface area contributed by atoms with Crippen molar-refractivity contribution in [3.05, 3.63) is 35.9 Å². The highest BCUT2D eigenvalue weighted by Gasteiger charge is 2.07. The second-order valence-electron chi connectivity index (χ2n) is 3.84. The summed E-state index contributed by atoms with van der Waals surface area (Å²) in [6.07, 6.45) is 1.15. The summed E-state index contributed by atoms with van der Waals surface area (Å²) in [5.41, 5.74) is 1.37. The first kappa shape index (κ1) is 11.2. The number of nitrogens with one attached hydrogen (secondary N) is 1. The summed E-state index contributed by atoms with van der Waals surface area (Å²) in [4.78, 5) is 2.22. The molecule has 0 saturated heterocycles. The summed E-state index contributed by atoms with van der Waals surface area (Å²) in [6.45, 7) is 1.11. The molecular weight excluding hydrogens is 172 g/mol. The Labute approximate surface area is 86.9 Å². The highest BCUT2D eigenvalue weighted by Crippen LogP contribution is 2.15. The van der Waals surface area contributed by atoms with Crippen LogP contribution in [0.15, 0.2) is 30.3 Å². The molecule has 0 bridgehead atoms. The van der Waals surface area contributed by atoms with Gasteiger partial charge in [-0.15, -0.1) is 0 Å². The van der Waals surface area contributed by atoms with Crippen molar-refractivity contribution in [3.63, 3.8) is 0 Å². The van der Waals surface area contributed by atoms with E-state index in [9.17, 15) is 0 Å². The molecule has 14 heavy (non-hydrogen) atoms. The largest absolute Gasteiger partial charge is 0.313 e. The number of benzene rings is 1. The van der Waals surface area contributed by atoms with E-state index in [4.69, 9.17) is 0 Å². The molecule has 2 nitrogen and oxygen atoms in total. The third-order valence-electron chi connectivity index (χ3n) is 2.42. The zero-order chi connectivity index (χ0) is 10.4. The van der Waals surface area contributed by atoms with Crippen LogP contribution in [0.4, 0.5) is 0 Å². The van der Waals surface area contributed by atoms with Gasteiger partial charge in [-0.25, -0.2) is 0 Å². The van der Waals surface area contributed by atoms with Gasteiger partial charge in [0.2, 0.25) is 0 Å². The highest BCUT2D eigenvalue weighted by molar-refractivity contribution is 5.18. The van der Waals surface area contributed by atoms with Crippen molar-refractivity contribution in [2.24, 2.45) is 0 Å². The molecule has 0 spiro atoms. The Hall–Kier alpha value is -0.860. The molecule has 0 aliphatic carbocycles. The maximum atomic E-state index is 3.35. The lowest BCUT2D eigenvalue weighted by atomic mass is 10.0. The van der Waals surface area contributed by atoms with E-state index in [1.807, 2.05) is 7.05 Å². The lowest BCUT2D eigenvalue weighted by Crippen LogP contribution is -2.22. The summed E-state index contributed by atoms with van der Waals surface area (Å²) >= 11 is 0. The number of rotatable bonds is 5. The van der Waals surface area contributed by atoms with Gasteiger partial charge in [0.1, 0.15) is 0 Å². The average Bonchev–Trinajstić information content (AvgIpc) is 2.20. The van der Waals surface area contributed by atoms with Crippen molar-refractivity contribution >= 4 is 0 Å². The predicted octanol–water partition coefficient (Wildman–Crippen LogP) is 1.90. The quantitative estimate of drug-likeness (QED) is 0.766. The van der Waals surface area contributed by atoms with Crippen LogP contribution < -0.4 is 5.32 Å². The van der Waals surface area contributed by atoms with E-state index >= 15 is 0 Å². The maximum absolute atomic E-state index is 3.35. The minimum Gasteiger partial charge on any atom is -0.313 e. The van der Waals surface area contributed by atoms with Gasteiger partial charge in [-0.05, 0) is 39.7 Å². The third-order valence-corrected chi connectivity index (χ3v) is 2.42. The highest BCUT2D eigenvalue weighted by atomic mass is 15.1. The molecular formula is C12H20N2. The molecule has 0 saturated carbocycles. The molecule has 1 aromatic rings. The van der Waals surface area contributed by atoms with Gasteiger partial charge in [0.05, 0.1) is 0 Å². The van der Waals surface area contributed by atoms with Crippen LogP contribution in [-0.4, -0.2) is 32.6 Å². The van der Waals surface area contributed by atoms with Gasteiger partial charge in [-0.2, -0.15) is 0 Å². The Bertz CT molecular complexity index is 244. The normalized spacial score (nSPS) is 13.1. The Kier molecular flexibility index (Phi) is 4.63. The maximum Gasteiger partial charge on any atom is 0.0329 e. The second kappa shape index (κ2) is 5.78. The Morgan fingerprint density at radius 2 is 1.86 bits per heavy atom. The molecule has 0 amide bonds. The fourth-order valence-corrected chi connectivity index (χ4v) is 1.55. The average molecular weight is 192 g/mol. The minimum atomic E-state index is 0.471. The fraction of sp³-hybridized carbons (Fsp3) is 0.500. The smallest absolute Gasteiger partial charge is 0.0329 e. The van der Waals surface area contributed by atoms with Gasteiger partial charge < -0.3 is 10.2 Å². The van der Waals surface area contributed by atoms with Crippen molar-refractivity contribution in [2.75, 3.05) is 27.7 Å². The number of hydrogen-bond donors (Lipinski definition) is 1. The summed E-state index contributed by atoms with van der Waals surface area (Å²) in [7, 11) is 6.24. The lowest BCUT2D eigenvalue weighted by Gasteiger charge is -2.18. The first-order valence-corrected chi connectivity index (χ1v) is 5.11. The van der Waals surface area contributed by atoms with E-state index in [2.05, 4.69) is 54.6 Å². The van der Waals surface area contributed by atoms with Gasteiger partial charge in [0.25, 0.3) is 0 Å². The fourth-order valence-electron chi connectivity index (χ4n) is 1.55. The van der Waals surface area contributed by atoms with E-state index < -0.39 is 0 Å². The van der Waals surface area contributed by atoms with Crippen molar-refractivity contribution in [2.45, 2.75) is 12.5 Å². The van der Waals surface area contributed by atoms with Gasteiger partial charge in [0.15, 0.2) is 0 Å². The molecule has 78 valence electrons. The molecule has 0 heterocycles. The Morgan fingerprint density at radius 1 is 1.21 bits per heavy atom. The molecule has 0 aliphatic rings. The Morgan fingerprint density at radius 3 is 2.36 bits per heavy atom. The SMILES string of the molecule is CNC(CCN(C)C)c1ccccc1. The molecule has 1 N–H and O–H groups in total. The molecule has 1 unspecified atom stereocenters. The standard InChI is InChI=1S/C12H20N2/c1-13-12(9-10-14(2)3)11-7-5-4-6-8-11/h4-8,12-13H,9-10H2,1-3H3. The van der Waals surface area contributed by atoms with Gasteiger partial charge >= 0.3 is 0 Å². The van der Waals surface area contributed by atoms with E-state index in [0.29, 0.717) is 6.04 Å². The van der Waals surface area contributed by atoms with Crippen LogP contribution in [0.3, 0.4) is 0 Å². The van der Waals surface area contributed by atoms with Crippen LogP contribution in [0.25, 0.3) is 0 Å². The minimum absolute atomic E-state index is 0.471. The topological polar surface area (TPSA) is 15.3 Å². The van der Waals surface area contributed by atoms with Crippen molar-refractivity contribution < 1.29 is 0 Å². The van der Waals surface area contributed by atoms with Gasteiger partial charge in [0, 0.05) is 6.04 Å². The zero-order valence-electron chi connectivity index (χ0n) is 9.33. The monoisotopic (exact) mass is 192 g/mol. The molecule has 2 heteroatoms. The van der Waals surface area contributed by atoms with Crippen LogP contribution in [0.5, 0.6) is 0 Å². The van der Waals surface area contributed by atoms with Crippen LogP contribution in [0, 0.1) is 0 Å². The van der Waals surface area contributed by atoms with Crippen molar-refractivity contribution in [3.8, 4) is 0 Å². The molecule has 1 aromatic carbocycles. The molecule has 0 radical (unpaired) electrons. The first-order chi connectivity index (χ1) is 6.74. The molecule has 0 aromatic heterocycles. The third kappa shape index (κ3) is 3.48. The lowest BCUT2D eigenvalue weighted by molar-refractivity contribution is 0.368. The molecule has 1 rings (SSSR count).